The zero-order valence-electron chi connectivity index (χ0n) is 10.7. The highest BCUT2D eigenvalue weighted by atomic mass is 32.2. The largest absolute Gasteiger partial charge is 0.333 e. The van der Waals surface area contributed by atoms with Gasteiger partial charge in [0, 0.05) is 5.25 Å². The predicted molar refractivity (Wildman–Crippen MR) is 77.2 cm³/mol. The van der Waals surface area contributed by atoms with Gasteiger partial charge in [-0.3, -0.25) is 0 Å². The number of imidazole rings is 1. The van der Waals surface area contributed by atoms with Crippen LogP contribution in [0.1, 0.15) is 24.8 Å². The molecule has 1 aromatic carbocycles. The van der Waals surface area contributed by atoms with E-state index >= 15 is 0 Å². The Kier molecular flexibility index (Phi) is 3.57. The summed E-state index contributed by atoms with van der Waals surface area (Å²) >= 11 is 1.90. The van der Waals surface area contributed by atoms with E-state index in [0.29, 0.717) is 5.25 Å². The summed E-state index contributed by atoms with van der Waals surface area (Å²) in [5.74, 6) is 0. The number of fused-ring (bicyclic) bond motifs is 1. The van der Waals surface area contributed by atoms with E-state index in [1.807, 2.05) is 11.8 Å². The van der Waals surface area contributed by atoms with E-state index in [1.165, 1.54) is 24.8 Å². The highest BCUT2D eigenvalue weighted by Crippen LogP contribution is 2.28. The molecule has 1 unspecified atom stereocenters. The lowest BCUT2D eigenvalue weighted by atomic mass is 10.2. The lowest BCUT2D eigenvalue weighted by Crippen LogP contribution is -2.14. The van der Waals surface area contributed by atoms with Crippen molar-refractivity contribution in [2.24, 2.45) is 0 Å². The molecule has 0 bridgehead atoms. The van der Waals surface area contributed by atoms with Gasteiger partial charge in [-0.15, -0.1) is 0 Å². The van der Waals surface area contributed by atoms with E-state index in [0.717, 1.165) is 29.3 Å². The quantitative estimate of drug-likeness (QED) is 0.872. The van der Waals surface area contributed by atoms with Crippen molar-refractivity contribution in [1.29, 1.82) is 0 Å². The van der Waals surface area contributed by atoms with Crippen LogP contribution in [-0.4, -0.2) is 28.3 Å². The first-order valence-corrected chi connectivity index (χ1v) is 7.53. The molecule has 0 amide bonds. The Morgan fingerprint density at radius 2 is 2.22 bits per heavy atom. The first kappa shape index (κ1) is 12.1. The number of aryl methyl sites for hydroxylation is 1. The molecule has 2 aromatic rings. The topological polar surface area (TPSA) is 40.7 Å². The second-order valence-electron chi connectivity index (χ2n) is 4.98. The summed E-state index contributed by atoms with van der Waals surface area (Å²) in [5.41, 5.74) is 3.51. The highest BCUT2D eigenvalue weighted by molar-refractivity contribution is 7.99. The number of benzene rings is 1. The normalized spacial score (nSPS) is 21.1. The maximum Gasteiger partial charge on any atom is 0.166 e. The van der Waals surface area contributed by atoms with Crippen molar-refractivity contribution in [3.63, 3.8) is 0 Å². The number of hydrogen-bond donors (Lipinski definition) is 2. The summed E-state index contributed by atoms with van der Waals surface area (Å²) in [4.78, 5) is 8.10. The smallest absolute Gasteiger partial charge is 0.166 e. The molecule has 0 spiro atoms. The summed E-state index contributed by atoms with van der Waals surface area (Å²) in [6.45, 7) is 4.41. The van der Waals surface area contributed by atoms with Crippen LogP contribution in [0, 0.1) is 6.92 Å². The van der Waals surface area contributed by atoms with E-state index in [4.69, 9.17) is 0 Å². The van der Waals surface area contributed by atoms with Crippen LogP contribution in [0.4, 0.5) is 0 Å². The molecule has 1 aromatic heterocycles. The van der Waals surface area contributed by atoms with Crippen LogP contribution in [0.5, 0.6) is 0 Å². The number of rotatable bonds is 2. The van der Waals surface area contributed by atoms with Crippen molar-refractivity contribution in [2.75, 3.05) is 13.1 Å². The van der Waals surface area contributed by atoms with Gasteiger partial charge in [-0.25, -0.2) is 4.98 Å². The van der Waals surface area contributed by atoms with Crippen LogP contribution in [-0.2, 0) is 0 Å². The van der Waals surface area contributed by atoms with Crippen LogP contribution in [0.25, 0.3) is 11.0 Å². The number of hydrogen-bond acceptors (Lipinski definition) is 3. The molecule has 4 heteroatoms. The molecular formula is C14H19N3S. The Hall–Kier alpha value is -1.00. The summed E-state index contributed by atoms with van der Waals surface area (Å²) < 4.78 is 0. The van der Waals surface area contributed by atoms with Crippen molar-refractivity contribution < 1.29 is 0 Å². The fraction of sp³-hybridized carbons (Fsp3) is 0.500. The minimum absolute atomic E-state index is 0.696. The van der Waals surface area contributed by atoms with Gasteiger partial charge in [0.1, 0.15) is 0 Å². The van der Waals surface area contributed by atoms with Crippen LogP contribution < -0.4 is 5.32 Å². The molecule has 3 nitrogen and oxygen atoms in total. The van der Waals surface area contributed by atoms with Gasteiger partial charge >= 0.3 is 0 Å². The van der Waals surface area contributed by atoms with Gasteiger partial charge in [0.25, 0.3) is 0 Å². The summed E-state index contributed by atoms with van der Waals surface area (Å²) in [6.07, 6.45) is 3.80. The lowest BCUT2D eigenvalue weighted by Gasteiger charge is -2.10. The average Bonchev–Trinajstić information content (AvgIpc) is 2.57. The van der Waals surface area contributed by atoms with E-state index in [1.54, 1.807) is 0 Å². The van der Waals surface area contributed by atoms with Crippen molar-refractivity contribution in [1.82, 2.24) is 15.3 Å². The standard InChI is InChI=1S/C14H19N3S/c1-10-4-5-12-13(9-10)17-14(16-12)18-11-3-2-7-15-8-6-11/h4-5,9,11,15H,2-3,6-8H2,1H3,(H,16,17). The molecule has 1 aliphatic rings. The number of nitrogens with zero attached hydrogens (tertiary/aromatic N) is 1. The SMILES string of the molecule is Cc1ccc2nc(SC3CCCNCC3)[nH]c2c1. The second kappa shape index (κ2) is 5.33. The van der Waals surface area contributed by atoms with Gasteiger partial charge in [0.15, 0.2) is 5.16 Å². The Morgan fingerprint density at radius 1 is 1.28 bits per heavy atom. The third-order valence-electron chi connectivity index (χ3n) is 3.42. The third kappa shape index (κ3) is 2.70. The van der Waals surface area contributed by atoms with E-state index in [-0.39, 0.29) is 0 Å². The zero-order chi connectivity index (χ0) is 12.4. The molecule has 2 heterocycles. The Morgan fingerprint density at radius 3 is 3.17 bits per heavy atom. The third-order valence-corrected chi connectivity index (χ3v) is 4.64. The fourth-order valence-electron chi connectivity index (χ4n) is 2.42. The van der Waals surface area contributed by atoms with Gasteiger partial charge in [0.05, 0.1) is 11.0 Å². The number of thioether (sulfide) groups is 1. The molecule has 1 aliphatic heterocycles. The first-order valence-electron chi connectivity index (χ1n) is 6.65. The predicted octanol–water partition coefficient (Wildman–Crippen LogP) is 3.11. The average molecular weight is 261 g/mol. The Bertz CT molecular complexity index is 527. The molecule has 1 atom stereocenters. The molecule has 0 aliphatic carbocycles. The van der Waals surface area contributed by atoms with Gasteiger partial charge < -0.3 is 10.3 Å². The summed E-state index contributed by atoms with van der Waals surface area (Å²) in [6, 6.07) is 6.38. The molecular weight excluding hydrogens is 242 g/mol. The van der Waals surface area contributed by atoms with Crippen LogP contribution in [0.2, 0.25) is 0 Å². The number of aromatic amines is 1. The van der Waals surface area contributed by atoms with E-state index in [9.17, 15) is 0 Å². The minimum Gasteiger partial charge on any atom is -0.333 e. The molecule has 0 radical (unpaired) electrons. The van der Waals surface area contributed by atoms with E-state index in [2.05, 4.69) is 40.4 Å². The molecule has 0 saturated carbocycles. The monoisotopic (exact) mass is 261 g/mol. The number of H-pyrrole nitrogens is 1. The molecule has 3 rings (SSSR count). The molecule has 1 fully saturated rings. The second-order valence-corrected chi connectivity index (χ2v) is 6.27. The molecule has 96 valence electrons. The zero-order valence-corrected chi connectivity index (χ0v) is 11.5. The van der Waals surface area contributed by atoms with Gasteiger partial charge in [-0.05, 0) is 57.0 Å². The van der Waals surface area contributed by atoms with Crippen molar-refractivity contribution in [3.8, 4) is 0 Å². The van der Waals surface area contributed by atoms with Gasteiger partial charge in [0.2, 0.25) is 0 Å². The van der Waals surface area contributed by atoms with Crippen molar-refractivity contribution >= 4 is 22.8 Å². The summed E-state index contributed by atoms with van der Waals surface area (Å²) in [7, 11) is 0. The molecule has 1 saturated heterocycles. The molecule has 18 heavy (non-hydrogen) atoms. The minimum atomic E-state index is 0.696. The van der Waals surface area contributed by atoms with Crippen molar-refractivity contribution in [3.05, 3.63) is 23.8 Å². The van der Waals surface area contributed by atoms with Crippen molar-refractivity contribution in [2.45, 2.75) is 36.6 Å². The number of aromatic nitrogens is 2. The Balaban J connectivity index is 1.77. The van der Waals surface area contributed by atoms with Gasteiger partial charge in [-0.1, -0.05) is 17.8 Å². The first-order chi connectivity index (χ1) is 8.81. The highest BCUT2D eigenvalue weighted by Gasteiger charge is 2.15. The fourth-order valence-corrected chi connectivity index (χ4v) is 3.57. The summed E-state index contributed by atoms with van der Waals surface area (Å²) in [5, 5.41) is 5.22. The maximum atomic E-state index is 4.67. The van der Waals surface area contributed by atoms with Crippen LogP contribution in [0.15, 0.2) is 23.4 Å². The molecule has 2 N–H and O–H groups in total. The van der Waals surface area contributed by atoms with E-state index < -0.39 is 0 Å². The lowest BCUT2D eigenvalue weighted by molar-refractivity contribution is 0.703. The maximum absolute atomic E-state index is 4.67. The van der Waals surface area contributed by atoms with Gasteiger partial charge in [-0.2, -0.15) is 0 Å². The van der Waals surface area contributed by atoms with Crippen LogP contribution >= 0.6 is 11.8 Å². The number of nitrogens with one attached hydrogen (secondary N) is 2. The Labute approximate surface area is 112 Å². The van der Waals surface area contributed by atoms with Crippen LogP contribution in [0.3, 0.4) is 0 Å².